The highest BCUT2D eigenvalue weighted by atomic mass is 16.7. The number of rotatable bonds is 10. The van der Waals surface area contributed by atoms with Crippen LogP contribution in [0.4, 0.5) is 0 Å². The van der Waals surface area contributed by atoms with Crippen molar-refractivity contribution in [3.05, 3.63) is 64.2 Å². The lowest BCUT2D eigenvalue weighted by Gasteiger charge is -2.32. The molecule has 0 spiro atoms. The molecule has 42 heavy (non-hydrogen) atoms. The number of carboxylic acids is 1. The Kier molecular flexibility index (Phi) is 9.20. The van der Waals surface area contributed by atoms with Crippen LogP contribution in [0.2, 0.25) is 0 Å². The van der Waals surface area contributed by atoms with Crippen LogP contribution in [-0.4, -0.2) is 35.1 Å². The Balaban J connectivity index is 1.27. The highest BCUT2D eigenvalue weighted by Crippen LogP contribution is 2.39. The van der Waals surface area contributed by atoms with Crippen molar-refractivity contribution in [3.63, 3.8) is 0 Å². The van der Waals surface area contributed by atoms with Crippen molar-refractivity contribution in [2.24, 2.45) is 17.0 Å². The Morgan fingerprint density at radius 1 is 1.00 bits per heavy atom. The Bertz CT molecular complexity index is 1290. The lowest BCUT2D eigenvalue weighted by Crippen LogP contribution is -2.41. The monoisotopic (exact) mass is 573 g/mol. The first-order valence-electron chi connectivity index (χ1n) is 16.0. The van der Waals surface area contributed by atoms with Crippen LogP contribution in [0.25, 0.3) is 0 Å². The molecule has 7 heteroatoms. The molecule has 2 saturated carbocycles. The third kappa shape index (κ3) is 6.62. The summed E-state index contributed by atoms with van der Waals surface area (Å²) in [6, 6.07) is 13.1. The number of hydrogen-bond donors (Lipinski definition) is 1. The first-order valence-corrected chi connectivity index (χ1v) is 16.0. The molecule has 2 aliphatic carbocycles. The fraction of sp³-hybridized carbons (Fsp3) is 0.600. The number of aryl methyl sites for hydroxylation is 1. The minimum absolute atomic E-state index is 0.165. The first-order chi connectivity index (χ1) is 20.0. The van der Waals surface area contributed by atoms with Crippen molar-refractivity contribution in [1.82, 2.24) is 0 Å². The van der Waals surface area contributed by atoms with E-state index in [9.17, 15) is 9.90 Å². The molecule has 2 aromatic carbocycles. The van der Waals surface area contributed by atoms with Gasteiger partial charge in [0.1, 0.15) is 6.61 Å². The predicted octanol–water partition coefficient (Wildman–Crippen LogP) is 7.19. The van der Waals surface area contributed by atoms with E-state index in [1.54, 1.807) is 0 Å². The summed E-state index contributed by atoms with van der Waals surface area (Å²) in [7, 11) is -0.391. The molecule has 0 atom stereocenters. The van der Waals surface area contributed by atoms with E-state index in [4.69, 9.17) is 14.1 Å². The second-order valence-corrected chi connectivity index (χ2v) is 13.8. The van der Waals surface area contributed by atoms with E-state index < -0.39 is 13.1 Å². The Morgan fingerprint density at radius 3 is 2.33 bits per heavy atom. The largest absolute Gasteiger partial charge is 0.495 e. The molecule has 2 aromatic rings. The second kappa shape index (κ2) is 12.5. The van der Waals surface area contributed by atoms with Crippen LogP contribution < -0.4 is 5.46 Å². The van der Waals surface area contributed by atoms with Gasteiger partial charge in [-0.2, -0.15) is 0 Å². The molecule has 6 nitrogen and oxygen atoms in total. The zero-order valence-electron chi connectivity index (χ0n) is 26.4. The molecule has 1 N–H and O–H groups in total. The highest BCUT2D eigenvalue weighted by Gasteiger charge is 2.52. The normalized spacial score (nSPS) is 24.0. The van der Waals surface area contributed by atoms with E-state index in [0.717, 1.165) is 48.0 Å². The maximum atomic E-state index is 11.2. The molecule has 0 radical (unpaired) electrons. The van der Waals surface area contributed by atoms with Crippen LogP contribution in [0.5, 0.6) is 0 Å². The van der Waals surface area contributed by atoms with E-state index in [-0.39, 0.29) is 17.1 Å². The van der Waals surface area contributed by atoms with Gasteiger partial charge in [-0.15, -0.1) is 0 Å². The minimum atomic E-state index is -0.659. The smallest absolute Gasteiger partial charge is 0.481 e. The van der Waals surface area contributed by atoms with Crippen LogP contribution in [0, 0.1) is 11.8 Å². The Hall–Kier alpha value is -2.64. The van der Waals surface area contributed by atoms with Gasteiger partial charge >= 0.3 is 13.1 Å². The van der Waals surface area contributed by atoms with Crippen molar-refractivity contribution in [2.45, 2.75) is 123 Å². The summed E-state index contributed by atoms with van der Waals surface area (Å²) in [5.74, 6) is 0.185. The number of hydrogen-bond acceptors (Lipinski definition) is 5. The summed E-state index contributed by atoms with van der Waals surface area (Å²) in [5, 5.41) is 13.7. The number of benzene rings is 2. The van der Waals surface area contributed by atoms with E-state index in [1.807, 2.05) is 6.92 Å². The third-order valence-corrected chi connectivity index (χ3v) is 10.2. The van der Waals surface area contributed by atoms with Gasteiger partial charge in [0, 0.05) is 0 Å². The summed E-state index contributed by atoms with van der Waals surface area (Å²) >= 11 is 0. The molecule has 0 aromatic heterocycles. The highest BCUT2D eigenvalue weighted by molar-refractivity contribution is 6.62. The quantitative estimate of drug-likeness (QED) is 0.185. The molecule has 3 fully saturated rings. The molecule has 1 heterocycles. The summed E-state index contributed by atoms with van der Waals surface area (Å²) in [6.07, 6.45) is 9.75. The topological polar surface area (TPSA) is 77.3 Å². The zero-order chi connectivity index (χ0) is 30.1. The number of oxime groups is 1. The zero-order valence-corrected chi connectivity index (χ0v) is 26.4. The summed E-state index contributed by atoms with van der Waals surface area (Å²) in [4.78, 5) is 17.1. The van der Waals surface area contributed by atoms with Gasteiger partial charge in [0.05, 0.1) is 22.8 Å². The SMILES string of the molecule is CCc1cc(/C(C)=N/OCc2ccc(C3CCCCC3)c(B3OC(C)(C)C(C)(C)O3)c2)ccc1CC1CC(C(=O)O)C1. The molecule has 5 rings (SSSR count). The third-order valence-electron chi connectivity index (χ3n) is 10.2. The molecule has 0 bridgehead atoms. The van der Waals surface area contributed by atoms with Crippen LogP contribution in [0.15, 0.2) is 41.6 Å². The molecule has 3 aliphatic rings. The lowest BCUT2D eigenvalue weighted by molar-refractivity contribution is -0.146. The predicted molar refractivity (Wildman–Crippen MR) is 168 cm³/mol. The number of carboxylic acid groups (broad SMARTS) is 1. The van der Waals surface area contributed by atoms with E-state index in [0.29, 0.717) is 18.4 Å². The van der Waals surface area contributed by atoms with Crippen LogP contribution in [0.3, 0.4) is 0 Å². The fourth-order valence-electron chi connectivity index (χ4n) is 6.72. The lowest BCUT2D eigenvalue weighted by atomic mass is 9.70. The van der Waals surface area contributed by atoms with Crippen molar-refractivity contribution >= 4 is 24.3 Å². The number of nitrogens with zero attached hydrogens (tertiary/aromatic N) is 1. The summed E-state index contributed by atoms with van der Waals surface area (Å²) < 4.78 is 13.0. The van der Waals surface area contributed by atoms with Crippen molar-refractivity contribution in [2.75, 3.05) is 0 Å². The van der Waals surface area contributed by atoms with Crippen LogP contribution >= 0.6 is 0 Å². The van der Waals surface area contributed by atoms with Gasteiger partial charge in [-0.25, -0.2) is 0 Å². The Labute approximate surface area is 252 Å². The fourth-order valence-corrected chi connectivity index (χ4v) is 6.72. The molecular formula is C35H48BNO5. The van der Waals surface area contributed by atoms with E-state index in [1.165, 1.54) is 48.8 Å². The Morgan fingerprint density at radius 2 is 1.69 bits per heavy atom. The van der Waals surface area contributed by atoms with Crippen molar-refractivity contribution in [1.29, 1.82) is 0 Å². The molecular weight excluding hydrogens is 525 g/mol. The van der Waals surface area contributed by atoms with Gasteiger partial charge in [0.2, 0.25) is 0 Å². The van der Waals surface area contributed by atoms with Gasteiger partial charge in [0.15, 0.2) is 0 Å². The van der Waals surface area contributed by atoms with E-state index in [2.05, 4.69) is 76.2 Å². The maximum absolute atomic E-state index is 11.2. The first kappa shape index (κ1) is 30.8. The maximum Gasteiger partial charge on any atom is 0.495 e. The average Bonchev–Trinajstić information content (AvgIpc) is 3.16. The van der Waals surface area contributed by atoms with Crippen molar-refractivity contribution in [3.8, 4) is 0 Å². The standard InChI is InChI=1S/C35H48BNO5/c1-7-26-21-28(14-15-29(26)17-25-18-30(19-25)33(38)39)23(2)37-40-22-24-13-16-31(27-11-9-8-10-12-27)32(20-24)36-41-34(3,4)35(5,6)42-36/h13-16,20-21,25,27,30H,7-12,17-19,22H2,1-6H3,(H,38,39)/b37-23+. The average molecular weight is 574 g/mol. The minimum Gasteiger partial charge on any atom is -0.481 e. The van der Waals surface area contributed by atoms with Crippen molar-refractivity contribution < 1.29 is 24.0 Å². The number of aliphatic carboxylic acids is 1. The van der Waals surface area contributed by atoms with E-state index >= 15 is 0 Å². The molecule has 0 unspecified atom stereocenters. The van der Waals surface area contributed by atoms with Gasteiger partial charge in [0.25, 0.3) is 0 Å². The molecule has 226 valence electrons. The molecule has 1 aliphatic heterocycles. The van der Waals surface area contributed by atoms with Gasteiger partial charge < -0.3 is 19.3 Å². The molecule has 1 saturated heterocycles. The van der Waals surface area contributed by atoms with Crippen LogP contribution in [-0.2, 0) is 38.4 Å². The number of carbonyl (C=O) groups is 1. The van der Waals surface area contributed by atoms with Gasteiger partial charge in [-0.05, 0) is 124 Å². The summed E-state index contributed by atoms with van der Waals surface area (Å²) in [6.45, 7) is 13.0. The summed E-state index contributed by atoms with van der Waals surface area (Å²) in [5.41, 5.74) is 7.27. The van der Waals surface area contributed by atoms with Gasteiger partial charge in [-0.1, -0.05) is 61.7 Å². The van der Waals surface area contributed by atoms with Crippen LogP contribution in [0.1, 0.15) is 120 Å². The van der Waals surface area contributed by atoms with Gasteiger partial charge in [-0.3, -0.25) is 4.79 Å². The molecule has 0 amide bonds. The second-order valence-electron chi connectivity index (χ2n) is 13.8.